The van der Waals surface area contributed by atoms with Gasteiger partial charge in [0.05, 0.1) is 24.0 Å². The van der Waals surface area contributed by atoms with Gasteiger partial charge in [-0.25, -0.2) is 0 Å². The summed E-state index contributed by atoms with van der Waals surface area (Å²) < 4.78 is 5.29. The van der Waals surface area contributed by atoms with Crippen LogP contribution in [0.25, 0.3) is 0 Å². The summed E-state index contributed by atoms with van der Waals surface area (Å²) in [5.41, 5.74) is 1.23. The van der Waals surface area contributed by atoms with Gasteiger partial charge in [0.15, 0.2) is 6.29 Å². The Kier molecular flexibility index (Phi) is 2.99. The average Bonchev–Trinajstić information content (AvgIpc) is 2.47. The number of aldehydes is 1. The Bertz CT molecular complexity index is 255. The van der Waals surface area contributed by atoms with Crippen LogP contribution in [-0.2, 0) is 11.3 Å². The van der Waals surface area contributed by atoms with Crippen molar-refractivity contribution in [3.8, 4) is 0 Å². The minimum Gasteiger partial charge on any atom is -0.372 e. The Morgan fingerprint density at radius 1 is 1.75 bits per heavy atom. The fourth-order valence-corrected chi connectivity index (χ4v) is 0.791. The number of hydrogen-bond acceptors (Lipinski definition) is 3. The van der Waals surface area contributed by atoms with Gasteiger partial charge in [0, 0.05) is 6.20 Å². The molecule has 0 aliphatic rings. The van der Waals surface area contributed by atoms with Crippen LogP contribution in [0.2, 0.25) is 0 Å². The predicted molar refractivity (Wildman–Crippen MR) is 43.9 cm³/mol. The Labute approximate surface area is 70.9 Å². The second-order valence-corrected chi connectivity index (χ2v) is 2.76. The van der Waals surface area contributed by atoms with Crippen molar-refractivity contribution >= 4 is 6.29 Å². The molecular weight excluding hydrogens is 156 g/mol. The van der Waals surface area contributed by atoms with Crippen LogP contribution in [0.1, 0.15) is 29.9 Å². The number of H-pyrrole nitrogens is 1. The summed E-state index contributed by atoms with van der Waals surface area (Å²) in [5.74, 6) is 0. The SMILES string of the molecule is CC(C)OCc1n[nH]cc1C=O. The number of rotatable bonds is 4. The van der Waals surface area contributed by atoms with E-state index in [1.165, 1.54) is 0 Å². The molecule has 1 aromatic rings. The number of carbonyl (C=O) groups is 1. The van der Waals surface area contributed by atoms with E-state index in [4.69, 9.17) is 4.74 Å². The number of nitrogens with one attached hydrogen (secondary N) is 1. The summed E-state index contributed by atoms with van der Waals surface area (Å²) in [4.78, 5) is 10.4. The molecule has 4 nitrogen and oxygen atoms in total. The van der Waals surface area contributed by atoms with E-state index in [-0.39, 0.29) is 6.10 Å². The summed E-state index contributed by atoms with van der Waals surface area (Å²) >= 11 is 0. The molecule has 0 saturated heterocycles. The van der Waals surface area contributed by atoms with Crippen LogP contribution < -0.4 is 0 Å². The van der Waals surface area contributed by atoms with Crippen LogP contribution in [0.5, 0.6) is 0 Å². The highest BCUT2D eigenvalue weighted by Crippen LogP contribution is 2.04. The number of aromatic amines is 1. The molecule has 0 aromatic carbocycles. The highest BCUT2D eigenvalue weighted by atomic mass is 16.5. The second-order valence-electron chi connectivity index (χ2n) is 2.76. The van der Waals surface area contributed by atoms with Gasteiger partial charge in [-0.05, 0) is 13.8 Å². The van der Waals surface area contributed by atoms with Crippen molar-refractivity contribution in [2.24, 2.45) is 0 Å². The van der Waals surface area contributed by atoms with Crippen molar-refractivity contribution in [1.82, 2.24) is 10.2 Å². The molecule has 4 heteroatoms. The third-order valence-corrected chi connectivity index (χ3v) is 1.43. The maximum absolute atomic E-state index is 10.4. The van der Waals surface area contributed by atoms with E-state index in [9.17, 15) is 4.79 Å². The zero-order valence-electron chi connectivity index (χ0n) is 7.20. The van der Waals surface area contributed by atoms with Crippen LogP contribution >= 0.6 is 0 Å². The van der Waals surface area contributed by atoms with E-state index in [1.807, 2.05) is 13.8 Å². The third-order valence-electron chi connectivity index (χ3n) is 1.43. The summed E-state index contributed by atoms with van der Waals surface area (Å²) in [6, 6.07) is 0. The number of hydrogen-bond donors (Lipinski definition) is 1. The van der Waals surface area contributed by atoms with Crippen LogP contribution in [0.3, 0.4) is 0 Å². The van der Waals surface area contributed by atoms with E-state index < -0.39 is 0 Å². The molecule has 0 saturated carbocycles. The summed E-state index contributed by atoms with van der Waals surface area (Å²) in [6.45, 7) is 4.26. The first kappa shape index (κ1) is 8.93. The monoisotopic (exact) mass is 168 g/mol. The molecule has 0 unspecified atom stereocenters. The largest absolute Gasteiger partial charge is 0.372 e. The normalized spacial score (nSPS) is 10.6. The minimum atomic E-state index is 0.154. The quantitative estimate of drug-likeness (QED) is 0.686. The Morgan fingerprint density at radius 2 is 2.50 bits per heavy atom. The smallest absolute Gasteiger partial charge is 0.153 e. The highest BCUT2D eigenvalue weighted by molar-refractivity contribution is 5.75. The second kappa shape index (κ2) is 4.01. The molecule has 66 valence electrons. The lowest BCUT2D eigenvalue weighted by atomic mass is 10.3. The third kappa shape index (κ3) is 2.17. The van der Waals surface area contributed by atoms with Crippen molar-refractivity contribution in [2.45, 2.75) is 26.6 Å². The van der Waals surface area contributed by atoms with Gasteiger partial charge >= 0.3 is 0 Å². The Balaban J connectivity index is 2.56. The van der Waals surface area contributed by atoms with Crippen molar-refractivity contribution in [1.29, 1.82) is 0 Å². The van der Waals surface area contributed by atoms with E-state index in [2.05, 4.69) is 10.2 Å². The Morgan fingerprint density at radius 3 is 3.08 bits per heavy atom. The van der Waals surface area contributed by atoms with Crippen molar-refractivity contribution in [2.75, 3.05) is 0 Å². The van der Waals surface area contributed by atoms with Crippen LogP contribution in [0.4, 0.5) is 0 Å². The lowest BCUT2D eigenvalue weighted by molar-refractivity contribution is 0.0630. The van der Waals surface area contributed by atoms with Gasteiger partial charge in [0.1, 0.15) is 0 Å². The van der Waals surface area contributed by atoms with Gasteiger partial charge in [0.2, 0.25) is 0 Å². The lowest BCUT2D eigenvalue weighted by Gasteiger charge is -2.04. The van der Waals surface area contributed by atoms with Crippen LogP contribution in [0.15, 0.2) is 6.20 Å². The first-order chi connectivity index (χ1) is 5.74. The molecule has 0 amide bonds. The van der Waals surface area contributed by atoms with Gasteiger partial charge in [-0.1, -0.05) is 0 Å². The van der Waals surface area contributed by atoms with Crippen LogP contribution in [0, 0.1) is 0 Å². The maximum atomic E-state index is 10.4. The zero-order chi connectivity index (χ0) is 8.97. The van der Waals surface area contributed by atoms with Crippen molar-refractivity contribution in [3.05, 3.63) is 17.5 Å². The van der Waals surface area contributed by atoms with Gasteiger partial charge < -0.3 is 4.74 Å². The van der Waals surface area contributed by atoms with Gasteiger partial charge in [0.25, 0.3) is 0 Å². The first-order valence-corrected chi connectivity index (χ1v) is 3.83. The first-order valence-electron chi connectivity index (χ1n) is 3.83. The molecule has 1 aromatic heterocycles. The van der Waals surface area contributed by atoms with Gasteiger partial charge in [-0.3, -0.25) is 9.89 Å². The van der Waals surface area contributed by atoms with Crippen LogP contribution in [-0.4, -0.2) is 22.6 Å². The molecule has 0 aliphatic carbocycles. The molecule has 0 spiro atoms. The minimum absolute atomic E-state index is 0.154. The average molecular weight is 168 g/mol. The molecule has 0 fully saturated rings. The topological polar surface area (TPSA) is 55.0 Å². The predicted octanol–water partition coefficient (Wildman–Crippen LogP) is 1.15. The van der Waals surface area contributed by atoms with Gasteiger partial charge in [-0.2, -0.15) is 5.10 Å². The standard InChI is InChI=1S/C8H12N2O2/c1-6(2)12-5-8-7(4-11)3-9-10-8/h3-4,6H,5H2,1-2H3,(H,9,10). The van der Waals surface area contributed by atoms with E-state index in [0.717, 1.165) is 6.29 Å². The molecular formula is C8H12N2O2. The molecule has 1 heterocycles. The fourth-order valence-electron chi connectivity index (χ4n) is 0.791. The Hall–Kier alpha value is -1.16. The zero-order valence-corrected chi connectivity index (χ0v) is 7.20. The summed E-state index contributed by atoms with van der Waals surface area (Å²) in [5, 5.41) is 6.49. The highest BCUT2D eigenvalue weighted by Gasteiger charge is 2.04. The lowest BCUT2D eigenvalue weighted by Crippen LogP contribution is -2.03. The number of carbonyl (C=O) groups excluding carboxylic acids is 1. The molecule has 0 atom stereocenters. The fraction of sp³-hybridized carbons (Fsp3) is 0.500. The van der Waals surface area contributed by atoms with Gasteiger partial charge in [-0.15, -0.1) is 0 Å². The molecule has 0 bridgehead atoms. The van der Waals surface area contributed by atoms with Crippen molar-refractivity contribution < 1.29 is 9.53 Å². The number of ether oxygens (including phenoxy) is 1. The van der Waals surface area contributed by atoms with E-state index >= 15 is 0 Å². The molecule has 12 heavy (non-hydrogen) atoms. The molecule has 1 N–H and O–H groups in total. The molecule has 0 aliphatic heterocycles. The van der Waals surface area contributed by atoms with Crippen molar-refractivity contribution in [3.63, 3.8) is 0 Å². The van der Waals surface area contributed by atoms with E-state index in [0.29, 0.717) is 17.9 Å². The molecule has 1 rings (SSSR count). The summed E-state index contributed by atoms with van der Waals surface area (Å²) in [6.07, 6.45) is 2.48. The maximum Gasteiger partial charge on any atom is 0.153 e. The van der Waals surface area contributed by atoms with E-state index in [1.54, 1.807) is 6.20 Å². The molecule has 0 radical (unpaired) electrons. The number of aromatic nitrogens is 2. The summed E-state index contributed by atoms with van der Waals surface area (Å²) in [7, 11) is 0. The number of nitrogens with zero attached hydrogens (tertiary/aromatic N) is 1.